The number of aryl methyl sites for hydroxylation is 3. The predicted octanol–water partition coefficient (Wildman–Crippen LogP) is 2.50. The molecule has 0 spiro atoms. The fraction of sp³-hybridized carbons (Fsp3) is 0.300. The fourth-order valence-corrected chi connectivity index (χ4v) is 1.43. The maximum Gasteiger partial charge on any atom is 0.181 e. The van der Waals surface area contributed by atoms with Gasteiger partial charge in [-0.1, -0.05) is 17.7 Å². The van der Waals surface area contributed by atoms with Gasteiger partial charge in [-0.05, 0) is 31.9 Å². The van der Waals surface area contributed by atoms with Gasteiger partial charge < -0.3 is 0 Å². The number of rotatable bonds is 1. The molecule has 1 rings (SSSR count). The molecule has 0 saturated heterocycles. The Hall–Kier alpha value is -1.49. The van der Waals surface area contributed by atoms with Crippen LogP contribution in [0.5, 0.6) is 0 Å². The Labute approximate surface area is 72.8 Å². The van der Waals surface area contributed by atoms with E-state index in [2.05, 4.69) is 24.4 Å². The Morgan fingerprint density at radius 3 is 2.08 bits per heavy atom. The Balaban J connectivity index is 3.21. The number of benzene rings is 1. The summed E-state index contributed by atoms with van der Waals surface area (Å²) in [6.07, 6.45) is 1.94. The molecule has 2 nitrogen and oxygen atoms in total. The van der Waals surface area contributed by atoms with Crippen LogP contribution in [0.1, 0.15) is 16.7 Å². The zero-order valence-corrected chi connectivity index (χ0v) is 7.60. The van der Waals surface area contributed by atoms with Crippen LogP contribution in [0.2, 0.25) is 0 Å². The third-order valence-electron chi connectivity index (χ3n) is 1.86. The van der Waals surface area contributed by atoms with Crippen molar-refractivity contribution in [2.45, 2.75) is 20.8 Å². The molecule has 0 aliphatic heterocycles. The van der Waals surface area contributed by atoms with Gasteiger partial charge in [0.1, 0.15) is 0 Å². The van der Waals surface area contributed by atoms with Crippen molar-refractivity contribution in [3.8, 4) is 6.19 Å². The molecule has 0 aliphatic carbocycles. The molecule has 0 fully saturated rings. The topological polar surface area (TPSA) is 35.8 Å². The number of hydrogen-bond acceptors (Lipinski definition) is 2. The molecule has 12 heavy (non-hydrogen) atoms. The molecule has 0 aliphatic rings. The summed E-state index contributed by atoms with van der Waals surface area (Å²) in [6, 6.07) is 4.12. The van der Waals surface area contributed by atoms with Gasteiger partial charge in [-0.15, -0.1) is 0 Å². The summed E-state index contributed by atoms with van der Waals surface area (Å²) in [5, 5.41) is 11.2. The van der Waals surface area contributed by atoms with Crippen LogP contribution < -0.4 is 5.32 Å². The number of nitrogens with one attached hydrogen (secondary N) is 1. The van der Waals surface area contributed by atoms with Gasteiger partial charge in [0.05, 0.1) is 5.69 Å². The van der Waals surface area contributed by atoms with Crippen molar-refractivity contribution < 1.29 is 0 Å². The van der Waals surface area contributed by atoms with E-state index >= 15 is 0 Å². The van der Waals surface area contributed by atoms with Gasteiger partial charge in [0.15, 0.2) is 6.19 Å². The van der Waals surface area contributed by atoms with Crippen molar-refractivity contribution in [2.24, 2.45) is 0 Å². The van der Waals surface area contributed by atoms with E-state index in [1.807, 2.05) is 20.0 Å². The molecule has 0 unspecified atom stereocenters. The molecule has 0 radical (unpaired) electrons. The van der Waals surface area contributed by atoms with Crippen LogP contribution >= 0.6 is 0 Å². The van der Waals surface area contributed by atoms with Crippen molar-refractivity contribution in [1.82, 2.24) is 0 Å². The van der Waals surface area contributed by atoms with Gasteiger partial charge in [0.2, 0.25) is 0 Å². The van der Waals surface area contributed by atoms with Crippen LogP contribution in [0, 0.1) is 32.2 Å². The van der Waals surface area contributed by atoms with E-state index in [-0.39, 0.29) is 0 Å². The SMILES string of the molecule is Cc1cc(C)c(NC#N)c(C)c1. The summed E-state index contributed by atoms with van der Waals surface area (Å²) >= 11 is 0. The smallest absolute Gasteiger partial charge is 0.181 e. The van der Waals surface area contributed by atoms with Crippen molar-refractivity contribution >= 4 is 5.69 Å². The van der Waals surface area contributed by atoms with Gasteiger partial charge in [-0.3, -0.25) is 5.32 Å². The lowest BCUT2D eigenvalue weighted by Crippen LogP contribution is -1.95. The number of nitriles is 1. The molecule has 0 atom stereocenters. The minimum atomic E-state index is 0.933. The van der Waals surface area contributed by atoms with Crippen molar-refractivity contribution in [1.29, 1.82) is 5.26 Å². The summed E-state index contributed by atoms with van der Waals surface area (Å²) in [5.41, 5.74) is 4.40. The van der Waals surface area contributed by atoms with Crippen molar-refractivity contribution in [2.75, 3.05) is 5.32 Å². The lowest BCUT2D eigenvalue weighted by Gasteiger charge is -2.07. The summed E-state index contributed by atoms with van der Waals surface area (Å²) in [7, 11) is 0. The number of anilines is 1. The molecular weight excluding hydrogens is 148 g/mol. The molecule has 0 heterocycles. The Bertz CT molecular complexity index is 311. The highest BCUT2D eigenvalue weighted by atomic mass is 14.9. The molecule has 0 aromatic heterocycles. The van der Waals surface area contributed by atoms with Crippen LogP contribution in [0.4, 0.5) is 5.69 Å². The van der Waals surface area contributed by atoms with Crippen LogP contribution in [0.3, 0.4) is 0 Å². The average molecular weight is 160 g/mol. The fourth-order valence-electron chi connectivity index (χ4n) is 1.43. The zero-order chi connectivity index (χ0) is 9.14. The normalized spacial score (nSPS) is 9.17. The summed E-state index contributed by atoms with van der Waals surface area (Å²) < 4.78 is 0. The third-order valence-corrected chi connectivity index (χ3v) is 1.86. The van der Waals surface area contributed by atoms with Crippen LogP contribution in [-0.4, -0.2) is 0 Å². The minimum Gasteiger partial charge on any atom is -0.292 e. The highest BCUT2D eigenvalue weighted by molar-refractivity contribution is 5.60. The van der Waals surface area contributed by atoms with E-state index < -0.39 is 0 Å². The predicted molar refractivity (Wildman–Crippen MR) is 49.9 cm³/mol. The van der Waals surface area contributed by atoms with E-state index in [0.717, 1.165) is 16.8 Å². The highest BCUT2D eigenvalue weighted by Gasteiger charge is 2.01. The molecule has 0 amide bonds. The van der Waals surface area contributed by atoms with Crippen LogP contribution in [-0.2, 0) is 0 Å². The molecule has 62 valence electrons. The molecule has 2 heteroatoms. The van der Waals surface area contributed by atoms with E-state index in [4.69, 9.17) is 5.26 Å². The first-order valence-electron chi connectivity index (χ1n) is 3.88. The van der Waals surface area contributed by atoms with E-state index in [9.17, 15) is 0 Å². The maximum absolute atomic E-state index is 8.48. The third kappa shape index (κ3) is 1.57. The van der Waals surface area contributed by atoms with Gasteiger partial charge in [-0.25, -0.2) is 0 Å². The van der Waals surface area contributed by atoms with Gasteiger partial charge in [0.25, 0.3) is 0 Å². The summed E-state index contributed by atoms with van der Waals surface area (Å²) in [5.74, 6) is 0. The second-order valence-corrected chi connectivity index (χ2v) is 3.01. The zero-order valence-electron chi connectivity index (χ0n) is 7.60. The average Bonchev–Trinajstić information content (AvgIpc) is 1.96. The first-order valence-corrected chi connectivity index (χ1v) is 3.88. The molecule has 1 aromatic carbocycles. The standard InChI is InChI=1S/C10H12N2/c1-7-4-8(2)10(12-6-11)9(3)5-7/h4-5,12H,1-3H3. The summed E-state index contributed by atoms with van der Waals surface area (Å²) in [4.78, 5) is 0. The number of nitrogens with zero attached hydrogens (tertiary/aromatic N) is 1. The molecule has 1 aromatic rings. The van der Waals surface area contributed by atoms with E-state index in [1.165, 1.54) is 5.56 Å². The monoisotopic (exact) mass is 160 g/mol. The molecule has 0 saturated carbocycles. The van der Waals surface area contributed by atoms with Gasteiger partial charge >= 0.3 is 0 Å². The van der Waals surface area contributed by atoms with E-state index in [0.29, 0.717) is 0 Å². The minimum absolute atomic E-state index is 0.933. The van der Waals surface area contributed by atoms with E-state index in [1.54, 1.807) is 0 Å². The van der Waals surface area contributed by atoms with Gasteiger partial charge in [-0.2, -0.15) is 5.26 Å². The summed E-state index contributed by atoms with van der Waals surface area (Å²) in [6.45, 7) is 6.05. The van der Waals surface area contributed by atoms with Crippen molar-refractivity contribution in [3.63, 3.8) is 0 Å². The van der Waals surface area contributed by atoms with Crippen LogP contribution in [0.15, 0.2) is 12.1 Å². The van der Waals surface area contributed by atoms with Gasteiger partial charge in [0, 0.05) is 0 Å². The first kappa shape index (κ1) is 8.61. The lowest BCUT2D eigenvalue weighted by atomic mass is 10.1. The number of hydrogen-bond donors (Lipinski definition) is 1. The first-order chi connectivity index (χ1) is 5.65. The second-order valence-electron chi connectivity index (χ2n) is 3.01. The second kappa shape index (κ2) is 3.27. The quantitative estimate of drug-likeness (QED) is 0.506. The Kier molecular flexibility index (Phi) is 2.35. The molecular formula is C10H12N2. The molecule has 1 N–H and O–H groups in total. The molecule has 0 bridgehead atoms. The van der Waals surface area contributed by atoms with Crippen molar-refractivity contribution in [3.05, 3.63) is 28.8 Å². The largest absolute Gasteiger partial charge is 0.292 e. The highest BCUT2D eigenvalue weighted by Crippen LogP contribution is 2.20. The maximum atomic E-state index is 8.48. The Morgan fingerprint density at radius 2 is 1.67 bits per heavy atom. The lowest BCUT2D eigenvalue weighted by molar-refractivity contribution is 1.31. The van der Waals surface area contributed by atoms with Crippen LogP contribution in [0.25, 0.3) is 0 Å². The Morgan fingerprint density at radius 1 is 1.17 bits per heavy atom.